The fraction of sp³-hybridized carbons (Fsp3) is 0.625. The van der Waals surface area contributed by atoms with Crippen LogP contribution < -0.4 is 11.1 Å². The molecule has 1 aromatic heterocycles. The molecule has 15 heavy (non-hydrogen) atoms. The van der Waals surface area contributed by atoms with Crippen LogP contribution in [0.15, 0.2) is 6.20 Å². The Balaban J connectivity index is 2.29. The predicted molar refractivity (Wildman–Crippen MR) is 52.8 cm³/mol. The Bertz CT molecular complexity index is 312. The van der Waals surface area contributed by atoms with Gasteiger partial charge in [-0.05, 0) is 0 Å². The molecule has 84 valence electrons. The highest BCUT2D eigenvalue weighted by Crippen LogP contribution is 1.91. The Morgan fingerprint density at radius 1 is 1.73 bits per heavy atom. The van der Waals surface area contributed by atoms with Crippen molar-refractivity contribution in [3.63, 3.8) is 0 Å². The van der Waals surface area contributed by atoms with Crippen LogP contribution in [-0.4, -0.2) is 41.2 Å². The van der Waals surface area contributed by atoms with Crippen molar-refractivity contribution in [2.24, 2.45) is 5.73 Å². The van der Waals surface area contributed by atoms with E-state index in [1.165, 1.54) is 4.68 Å². The van der Waals surface area contributed by atoms with E-state index in [4.69, 9.17) is 10.5 Å². The molecule has 3 N–H and O–H groups in total. The number of amides is 1. The molecule has 0 radical (unpaired) electrons. The monoisotopic (exact) mass is 213 g/mol. The van der Waals surface area contributed by atoms with E-state index >= 15 is 0 Å². The first-order valence-electron chi connectivity index (χ1n) is 4.59. The maximum Gasteiger partial charge on any atom is 0.239 e. The van der Waals surface area contributed by atoms with Crippen LogP contribution in [0, 0.1) is 0 Å². The van der Waals surface area contributed by atoms with Gasteiger partial charge in [0.1, 0.15) is 6.54 Å². The van der Waals surface area contributed by atoms with Crippen LogP contribution in [0.25, 0.3) is 0 Å². The van der Waals surface area contributed by atoms with Gasteiger partial charge >= 0.3 is 0 Å². The van der Waals surface area contributed by atoms with Gasteiger partial charge in [-0.1, -0.05) is 5.21 Å². The normalized spacial score (nSPS) is 10.5. The van der Waals surface area contributed by atoms with Gasteiger partial charge in [-0.2, -0.15) is 0 Å². The quantitative estimate of drug-likeness (QED) is 0.537. The molecular formula is C8H15N5O2. The summed E-state index contributed by atoms with van der Waals surface area (Å²) in [4.78, 5) is 10.6. The van der Waals surface area contributed by atoms with Crippen LogP contribution in [0.4, 0.5) is 0 Å². The Morgan fingerprint density at radius 3 is 3.20 bits per heavy atom. The molecule has 0 spiro atoms. The molecular weight excluding hydrogens is 198 g/mol. The second-order valence-corrected chi connectivity index (χ2v) is 3.04. The summed E-state index contributed by atoms with van der Waals surface area (Å²) in [6.45, 7) is 2.06. The summed E-state index contributed by atoms with van der Waals surface area (Å²) in [7, 11) is 1.64. The van der Waals surface area contributed by atoms with E-state index in [0.29, 0.717) is 13.2 Å². The molecule has 0 aliphatic carbocycles. The summed E-state index contributed by atoms with van der Waals surface area (Å²) >= 11 is 0. The molecule has 1 amide bonds. The summed E-state index contributed by atoms with van der Waals surface area (Å²) in [5, 5.41) is 10.7. The molecule has 7 nitrogen and oxygen atoms in total. The lowest BCUT2D eigenvalue weighted by molar-refractivity contribution is -0.118. The minimum atomic E-state index is -0.432. The number of carbonyl (C=O) groups is 1. The van der Waals surface area contributed by atoms with E-state index in [1.807, 2.05) is 0 Å². The van der Waals surface area contributed by atoms with Crippen LogP contribution in [0.1, 0.15) is 5.69 Å². The zero-order valence-corrected chi connectivity index (χ0v) is 8.64. The molecule has 0 aliphatic heterocycles. The Kier molecular flexibility index (Phi) is 4.72. The second kappa shape index (κ2) is 6.10. The molecule has 0 aliphatic rings. The van der Waals surface area contributed by atoms with Gasteiger partial charge in [-0.25, -0.2) is 4.68 Å². The first-order chi connectivity index (χ1) is 7.22. The van der Waals surface area contributed by atoms with Crippen molar-refractivity contribution in [3.05, 3.63) is 11.9 Å². The van der Waals surface area contributed by atoms with Gasteiger partial charge in [-0.3, -0.25) is 4.79 Å². The lowest BCUT2D eigenvalue weighted by Gasteiger charge is -1.99. The maximum absolute atomic E-state index is 10.6. The van der Waals surface area contributed by atoms with Crippen molar-refractivity contribution in [1.29, 1.82) is 0 Å². The smallest absolute Gasteiger partial charge is 0.239 e. The summed E-state index contributed by atoms with van der Waals surface area (Å²) < 4.78 is 6.29. The molecule has 0 aromatic carbocycles. The zero-order chi connectivity index (χ0) is 11.1. The topological polar surface area (TPSA) is 95.1 Å². The average Bonchev–Trinajstić information content (AvgIpc) is 2.59. The molecule has 0 atom stereocenters. The number of nitrogens with two attached hydrogens (primary N) is 1. The summed E-state index contributed by atoms with van der Waals surface area (Å²) in [6.07, 6.45) is 1.69. The van der Waals surface area contributed by atoms with E-state index in [-0.39, 0.29) is 6.54 Å². The van der Waals surface area contributed by atoms with Crippen molar-refractivity contribution in [3.8, 4) is 0 Å². The van der Waals surface area contributed by atoms with Gasteiger partial charge in [0.05, 0.1) is 18.5 Å². The van der Waals surface area contributed by atoms with Crippen LogP contribution in [0.2, 0.25) is 0 Å². The molecule has 1 aromatic rings. The number of carbonyl (C=O) groups excluding carboxylic acids is 1. The van der Waals surface area contributed by atoms with E-state index in [1.54, 1.807) is 13.3 Å². The maximum atomic E-state index is 10.6. The molecule has 0 unspecified atom stereocenters. The van der Waals surface area contributed by atoms with Crippen molar-refractivity contribution >= 4 is 5.91 Å². The second-order valence-electron chi connectivity index (χ2n) is 3.04. The van der Waals surface area contributed by atoms with Gasteiger partial charge in [0.15, 0.2) is 0 Å². The molecule has 1 rings (SSSR count). The van der Waals surface area contributed by atoms with Crippen molar-refractivity contribution in [1.82, 2.24) is 20.3 Å². The number of nitrogens with zero attached hydrogens (tertiary/aromatic N) is 3. The Labute approximate surface area is 87.6 Å². The number of rotatable bonds is 7. The fourth-order valence-corrected chi connectivity index (χ4v) is 1.05. The van der Waals surface area contributed by atoms with Gasteiger partial charge in [0.2, 0.25) is 5.91 Å². The van der Waals surface area contributed by atoms with E-state index in [9.17, 15) is 4.79 Å². The van der Waals surface area contributed by atoms with Crippen molar-refractivity contribution in [2.75, 3.05) is 20.3 Å². The van der Waals surface area contributed by atoms with Crippen LogP contribution in [-0.2, 0) is 22.6 Å². The van der Waals surface area contributed by atoms with Gasteiger partial charge in [-0.15, -0.1) is 5.10 Å². The lowest BCUT2D eigenvalue weighted by atomic mass is 10.4. The summed E-state index contributed by atoms with van der Waals surface area (Å²) in [6, 6.07) is 0. The lowest BCUT2D eigenvalue weighted by Crippen LogP contribution is -2.19. The third-order valence-electron chi connectivity index (χ3n) is 1.69. The highest BCUT2D eigenvalue weighted by atomic mass is 16.5. The predicted octanol–water partition coefficient (Wildman–Crippen LogP) is -1.50. The highest BCUT2D eigenvalue weighted by Gasteiger charge is 2.02. The molecule has 0 saturated carbocycles. The number of methoxy groups -OCH3 is 1. The van der Waals surface area contributed by atoms with E-state index in [2.05, 4.69) is 15.6 Å². The third kappa shape index (κ3) is 4.52. The molecule has 0 bridgehead atoms. The molecule has 0 fully saturated rings. The fourth-order valence-electron chi connectivity index (χ4n) is 1.05. The Hall–Kier alpha value is -1.47. The van der Waals surface area contributed by atoms with E-state index < -0.39 is 5.91 Å². The number of hydrogen-bond donors (Lipinski definition) is 2. The van der Waals surface area contributed by atoms with Gasteiger partial charge in [0.25, 0.3) is 0 Å². The molecule has 7 heteroatoms. The van der Waals surface area contributed by atoms with Crippen LogP contribution in [0.5, 0.6) is 0 Å². The minimum Gasteiger partial charge on any atom is -0.383 e. The van der Waals surface area contributed by atoms with Crippen LogP contribution >= 0.6 is 0 Å². The highest BCUT2D eigenvalue weighted by molar-refractivity contribution is 5.73. The first kappa shape index (κ1) is 11.6. The van der Waals surface area contributed by atoms with Crippen molar-refractivity contribution < 1.29 is 9.53 Å². The van der Waals surface area contributed by atoms with Crippen molar-refractivity contribution in [2.45, 2.75) is 13.1 Å². The van der Waals surface area contributed by atoms with Gasteiger partial charge in [0, 0.05) is 20.2 Å². The number of hydrogen-bond acceptors (Lipinski definition) is 5. The standard InChI is InChI=1S/C8H15N5O2/c1-15-3-2-10-4-7-5-13(12-11-7)6-8(9)14/h5,10H,2-4,6H2,1H3,(H2,9,14). The average molecular weight is 213 g/mol. The summed E-state index contributed by atoms with van der Waals surface area (Å²) in [5.41, 5.74) is 5.78. The van der Waals surface area contributed by atoms with E-state index in [0.717, 1.165) is 12.2 Å². The third-order valence-corrected chi connectivity index (χ3v) is 1.69. The SMILES string of the molecule is COCCNCc1cn(CC(N)=O)nn1. The first-order valence-corrected chi connectivity index (χ1v) is 4.59. The molecule has 1 heterocycles. The van der Waals surface area contributed by atoms with Crippen LogP contribution in [0.3, 0.4) is 0 Å². The number of aromatic nitrogens is 3. The minimum absolute atomic E-state index is 0.0606. The Morgan fingerprint density at radius 2 is 2.53 bits per heavy atom. The number of ether oxygens (including phenoxy) is 1. The number of primary amides is 1. The largest absolute Gasteiger partial charge is 0.383 e. The number of nitrogens with one attached hydrogen (secondary N) is 1. The zero-order valence-electron chi connectivity index (χ0n) is 8.64. The molecule has 0 saturated heterocycles. The summed E-state index contributed by atoms with van der Waals surface area (Å²) in [5.74, 6) is -0.432. The van der Waals surface area contributed by atoms with Gasteiger partial charge < -0.3 is 15.8 Å².